The van der Waals surface area contributed by atoms with Crippen molar-refractivity contribution in [2.75, 3.05) is 43.8 Å². The summed E-state index contributed by atoms with van der Waals surface area (Å²) in [6.45, 7) is 0. The number of anilines is 3. The molecule has 11 nitrogen and oxygen atoms in total. The van der Waals surface area contributed by atoms with Gasteiger partial charge in [-0.25, -0.2) is 0 Å². The lowest BCUT2D eigenvalue weighted by atomic mass is 10.0. The van der Waals surface area contributed by atoms with Gasteiger partial charge in [-0.1, -0.05) is 25.0 Å². The maximum Gasteiger partial charge on any atom is 0.273 e. The average molecular weight is 567 g/mol. The number of rotatable bonds is 10. The van der Waals surface area contributed by atoms with Crippen molar-refractivity contribution in [1.29, 1.82) is 0 Å². The molecule has 0 spiro atoms. The standard InChI is InChI=1S/C28H34N6O5S/c1-33(2)18-11-9-16(10-12-18)24(27(36)31-17-7-5-6-8-17)34(19-13-14-20(38-3)21(15-19)39-4)28(37)25-22(29)23(26(30)35)32-40-25/h9-15,17,24H,5-8,29H2,1-4H3,(H2,30,35)(H,31,36)/t24-/m0/s1. The summed E-state index contributed by atoms with van der Waals surface area (Å²) in [6, 6.07) is 11.3. The summed E-state index contributed by atoms with van der Waals surface area (Å²) in [5.74, 6) is -0.982. The SMILES string of the molecule is COc1ccc(N(C(=O)c2snc(C(N)=O)c2N)[C@H](C(=O)NC2CCCC2)c2ccc(N(C)C)cc2)cc1OC. The Kier molecular flexibility index (Phi) is 8.78. The van der Waals surface area contributed by atoms with Gasteiger partial charge in [0.25, 0.3) is 11.8 Å². The number of benzene rings is 2. The molecule has 3 aromatic rings. The van der Waals surface area contributed by atoms with Crippen molar-refractivity contribution in [2.24, 2.45) is 5.73 Å². The highest BCUT2D eigenvalue weighted by Gasteiger charge is 2.37. The van der Waals surface area contributed by atoms with Crippen LogP contribution in [-0.2, 0) is 4.79 Å². The summed E-state index contributed by atoms with van der Waals surface area (Å²) in [5.41, 5.74) is 13.1. The number of aromatic nitrogens is 1. The lowest BCUT2D eigenvalue weighted by molar-refractivity contribution is -0.123. The molecule has 0 saturated heterocycles. The van der Waals surface area contributed by atoms with Crippen molar-refractivity contribution >= 4 is 46.3 Å². The molecular weight excluding hydrogens is 532 g/mol. The third-order valence-electron chi connectivity index (χ3n) is 6.95. The van der Waals surface area contributed by atoms with Crippen LogP contribution in [0.15, 0.2) is 42.5 Å². The van der Waals surface area contributed by atoms with E-state index in [0.29, 0.717) is 22.7 Å². The molecule has 2 aromatic carbocycles. The summed E-state index contributed by atoms with van der Waals surface area (Å²) in [7, 11) is 6.83. The van der Waals surface area contributed by atoms with Crippen LogP contribution in [0.2, 0.25) is 0 Å². The Morgan fingerprint density at radius 2 is 1.62 bits per heavy atom. The Morgan fingerprint density at radius 1 is 1.00 bits per heavy atom. The maximum absolute atomic E-state index is 14.3. The number of amides is 3. The Hall–Kier alpha value is -4.32. The molecule has 1 heterocycles. The first-order valence-electron chi connectivity index (χ1n) is 12.8. The monoisotopic (exact) mass is 566 g/mol. The van der Waals surface area contributed by atoms with Crippen LogP contribution in [0.4, 0.5) is 17.1 Å². The summed E-state index contributed by atoms with van der Waals surface area (Å²) in [5, 5.41) is 3.14. The molecule has 0 aliphatic heterocycles. The quantitative estimate of drug-likeness (QED) is 0.338. The molecular formula is C28H34N6O5S. The van der Waals surface area contributed by atoms with Gasteiger partial charge < -0.3 is 31.2 Å². The summed E-state index contributed by atoms with van der Waals surface area (Å²) < 4.78 is 14.9. The molecule has 1 aromatic heterocycles. The Labute approximate surface area is 237 Å². The number of nitrogens with two attached hydrogens (primary N) is 2. The van der Waals surface area contributed by atoms with Crippen molar-refractivity contribution < 1.29 is 23.9 Å². The van der Waals surface area contributed by atoms with E-state index in [9.17, 15) is 14.4 Å². The fraction of sp³-hybridized carbons (Fsp3) is 0.357. The number of ether oxygens (including phenoxy) is 2. The minimum atomic E-state index is -1.08. The number of nitrogens with zero attached hydrogens (tertiary/aromatic N) is 3. The van der Waals surface area contributed by atoms with Gasteiger partial charge in [0.15, 0.2) is 17.2 Å². The van der Waals surface area contributed by atoms with Crippen molar-refractivity contribution in [3.05, 3.63) is 58.6 Å². The summed E-state index contributed by atoms with van der Waals surface area (Å²) in [4.78, 5) is 43.5. The number of methoxy groups -OCH3 is 2. The average Bonchev–Trinajstić information content (AvgIpc) is 3.60. The smallest absolute Gasteiger partial charge is 0.273 e. The van der Waals surface area contributed by atoms with Gasteiger partial charge in [0.1, 0.15) is 10.9 Å². The van der Waals surface area contributed by atoms with E-state index >= 15 is 0 Å². The van der Waals surface area contributed by atoms with E-state index in [1.807, 2.05) is 43.3 Å². The van der Waals surface area contributed by atoms with E-state index in [-0.39, 0.29) is 28.2 Å². The Balaban J connectivity index is 1.90. The Bertz CT molecular complexity index is 1380. The maximum atomic E-state index is 14.3. The van der Waals surface area contributed by atoms with Gasteiger partial charge in [-0.3, -0.25) is 19.3 Å². The van der Waals surface area contributed by atoms with Crippen LogP contribution < -0.4 is 36.1 Å². The number of nitrogen functional groups attached to an aromatic ring is 1. The van der Waals surface area contributed by atoms with Crippen molar-refractivity contribution in [1.82, 2.24) is 9.69 Å². The molecule has 3 amide bonds. The molecule has 4 rings (SSSR count). The van der Waals surface area contributed by atoms with E-state index in [4.69, 9.17) is 20.9 Å². The van der Waals surface area contributed by atoms with Gasteiger partial charge in [-0.15, -0.1) is 0 Å². The topological polar surface area (TPSA) is 153 Å². The third kappa shape index (κ3) is 5.81. The molecule has 1 atom stereocenters. The first kappa shape index (κ1) is 28.7. The zero-order valence-corrected chi connectivity index (χ0v) is 23.8. The highest BCUT2D eigenvalue weighted by molar-refractivity contribution is 7.09. The van der Waals surface area contributed by atoms with Crippen LogP contribution in [0, 0.1) is 0 Å². The van der Waals surface area contributed by atoms with Crippen LogP contribution in [0.3, 0.4) is 0 Å². The van der Waals surface area contributed by atoms with E-state index in [2.05, 4.69) is 9.69 Å². The lowest BCUT2D eigenvalue weighted by Gasteiger charge is -2.32. The number of hydrogen-bond acceptors (Lipinski definition) is 9. The molecule has 1 aliphatic rings. The number of hydrogen-bond donors (Lipinski definition) is 3. The predicted molar refractivity (Wildman–Crippen MR) is 155 cm³/mol. The minimum absolute atomic E-state index is 0.00726. The highest BCUT2D eigenvalue weighted by Crippen LogP contribution is 2.38. The molecule has 0 bridgehead atoms. The van der Waals surface area contributed by atoms with Crippen LogP contribution in [0.1, 0.15) is 57.4 Å². The van der Waals surface area contributed by atoms with Gasteiger partial charge >= 0.3 is 0 Å². The molecule has 212 valence electrons. The normalized spacial score (nSPS) is 13.9. The van der Waals surface area contributed by atoms with E-state index in [1.54, 1.807) is 18.2 Å². The van der Waals surface area contributed by atoms with Crippen LogP contribution in [0.5, 0.6) is 11.5 Å². The fourth-order valence-corrected chi connectivity index (χ4v) is 5.56. The van der Waals surface area contributed by atoms with Crippen molar-refractivity contribution in [3.8, 4) is 11.5 Å². The zero-order chi connectivity index (χ0) is 29.0. The minimum Gasteiger partial charge on any atom is -0.493 e. The number of carbonyl (C=O) groups is 3. The van der Waals surface area contributed by atoms with Gasteiger partial charge in [0, 0.05) is 37.6 Å². The molecule has 12 heteroatoms. The predicted octanol–water partition coefficient (Wildman–Crippen LogP) is 3.35. The number of nitrogens with one attached hydrogen (secondary N) is 1. The zero-order valence-electron chi connectivity index (χ0n) is 23.0. The van der Waals surface area contributed by atoms with E-state index < -0.39 is 17.9 Å². The van der Waals surface area contributed by atoms with Gasteiger partial charge in [0.05, 0.1) is 19.9 Å². The van der Waals surface area contributed by atoms with E-state index in [1.165, 1.54) is 19.1 Å². The molecule has 1 aliphatic carbocycles. The fourth-order valence-electron chi connectivity index (χ4n) is 4.82. The molecule has 5 N–H and O–H groups in total. The molecule has 1 fully saturated rings. The number of carbonyl (C=O) groups excluding carboxylic acids is 3. The molecule has 0 unspecified atom stereocenters. The molecule has 40 heavy (non-hydrogen) atoms. The van der Waals surface area contributed by atoms with Crippen molar-refractivity contribution in [3.63, 3.8) is 0 Å². The number of primary amides is 1. The third-order valence-corrected chi connectivity index (χ3v) is 7.80. The van der Waals surface area contributed by atoms with E-state index in [0.717, 1.165) is 42.9 Å². The van der Waals surface area contributed by atoms with Gasteiger partial charge in [-0.05, 0) is 54.2 Å². The van der Waals surface area contributed by atoms with Crippen LogP contribution >= 0.6 is 11.5 Å². The van der Waals surface area contributed by atoms with Crippen LogP contribution in [0.25, 0.3) is 0 Å². The molecule has 1 saturated carbocycles. The molecule has 0 radical (unpaired) electrons. The van der Waals surface area contributed by atoms with Gasteiger partial charge in [0.2, 0.25) is 5.91 Å². The van der Waals surface area contributed by atoms with Gasteiger partial charge in [-0.2, -0.15) is 4.37 Å². The van der Waals surface area contributed by atoms with Crippen LogP contribution in [-0.4, -0.2) is 56.5 Å². The Morgan fingerprint density at radius 3 is 2.17 bits per heavy atom. The second-order valence-electron chi connectivity index (χ2n) is 9.73. The summed E-state index contributed by atoms with van der Waals surface area (Å²) >= 11 is 0.755. The summed E-state index contributed by atoms with van der Waals surface area (Å²) in [6.07, 6.45) is 3.79. The lowest BCUT2D eigenvalue weighted by Crippen LogP contribution is -2.46. The first-order valence-corrected chi connectivity index (χ1v) is 13.6. The first-order chi connectivity index (χ1) is 19.2. The largest absolute Gasteiger partial charge is 0.493 e. The second-order valence-corrected chi connectivity index (χ2v) is 10.5. The van der Waals surface area contributed by atoms with Crippen molar-refractivity contribution in [2.45, 2.75) is 37.8 Å². The highest BCUT2D eigenvalue weighted by atomic mass is 32.1. The second kappa shape index (κ2) is 12.2.